The quantitative estimate of drug-likeness (QED) is 0.825. The number of thioether (sulfide) groups is 1. The monoisotopic (exact) mass is 391 g/mol. The van der Waals surface area contributed by atoms with Gasteiger partial charge in [-0.3, -0.25) is 4.79 Å². The number of hydrogen-bond donors (Lipinski definition) is 1. The molecule has 0 atom stereocenters. The third kappa shape index (κ3) is 2.91. The molecule has 5 nitrogen and oxygen atoms in total. The Balaban J connectivity index is 1.95. The highest BCUT2D eigenvalue weighted by molar-refractivity contribution is 7.98. The number of benzene rings is 1. The fraction of sp³-hybridized carbons (Fsp3) is 0.368. The molecule has 1 N–H and O–H groups in total. The van der Waals surface area contributed by atoms with Gasteiger partial charge in [0.25, 0.3) is 5.56 Å². The van der Waals surface area contributed by atoms with Gasteiger partial charge in [-0.2, -0.15) is 0 Å². The lowest BCUT2D eigenvalue weighted by atomic mass is 10.0. The van der Waals surface area contributed by atoms with Gasteiger partial charge in [-0.25, -0.2) is 4.79 Å². The Morgan fingerprint density at radius 3 is 2.69 bits per heavy atom. The van der Waals surface area contributed by atoms with Crippen molar-refractivity contribution in [3.05, 3.63) is 44.7 Å². The summed E-state index contributed by atoms with van der Waals surface area (Å²) in [6.07, 6.45) is 1.79. The minimum Gasteiger partial charge on any atom is -0.489 e. The zero-order valence-electron chi connectivity index (χ0n) is 14.4. The van der Waals surface area contributed by atoms with E-state index in [0.29, 0.717) is 16.5 Å². The van der Waals surface area contributed by atoms with Crippen LogP contribution in [0.5, 0.6) is 5.75 Å². The van der Waals surface area contributed by atoms with Crippen LogP contribution in [-0.2, 0) is 5.75 Å². The van der Waals surface area contributed by atoms with Crippen molar-refractivity contribution in [3.63, 3.8) is 0 Å². The van der Waals surface area contributed by atoms with Gasteiger partial charge in [-0.05, 0) is 50.5 Å². The number of aromatic carboxylic acids is 1. The van der Waals surface area contributed by atoms with Gasteiger partial charge in [0.15, 0.2) is 0 Å². The fourth-order valence-corrected chi connectivity index (χ4v) is 4.52. The fourth-order valence-electron chi connectivity index (χ4n) is 3.28. The van der Waals surface area contributed by atoms with Crippen LogP contribution in [0.2, 0.25) is 5.02 Å². The van der Waals surface area contributed by atoms with Gasteiger partial charge < -0.3 is 14.4 Å². The predicted octanol–water partition coefficient (Wildman–Crippen LogP) is 4.59. The highest BCUT2D eigenvalue weighted by atomic mass is 35.5. The van der Waals surface area contributed by atoms with Crippen molar-refractivity contribution in [1.82, 2.24) is 4.57 Å². The molecule has 1 aromatic carbocycles. The molecule has 0 saturated heterocycles. The van der Waals surface area contributed by atoms with Crippen LogP contribution in [0.25, 0.3) is 11.3 Å². The second kappa shape index (κ2) is 6.35. The summed E-state index contributed by atoms with van der Waals surface area (Å²) in [4.78, 5) is 25.3. The lowest BCUT2D eigenvalue weighted by molar-refractivity contribution is 0.0694. The molecule has 2 aliphatic rings. The number of aromatic nitrogens is 1. The van der Waals surface area contributed by atoms with Crippen LogP contribution in [0.3, 0.4) is 0 Å². The Labute approximate surface area is 159 Å². The number of halogens is 1. The van der Waals surface area contributed by atoms with Crippen LogP contribution in [0.4, 0.5) is 0 Å². The van der Waals surface area contributed by atoms with E-state index >= 15 is 0 Å². The second-order valence-electron chi connectivity index (χ2n) is 6.88. The second-order valence-corrected chi connectivity index (χ2v) is 8.30. The molecule has 136 valence electrons. The highest BCUT2D eigenvalue weighted by Crippen LogP contribution is 2.48. The molecule has 1 aliphatic heterocycles. The first-order valence-corrected chi connectivity index (χ1v) is 9.88. The van der Waals surface area contributed by atoms with Crippen molar-refractivity contribution in [2.75, 3.05) is 0 Å². The van der Waals surface area contributed by atoms with Gasteiger partial charge in [-0.1, -0.05) is 11.6 Å². The van der Waals surface area contributed by atoms with Crippen LogP contribution in [0.15, 0.2) is 27.9 Å². The van der Waals surface area contributed by atoms with E-state index in [1.807, 2.05) is 26.0 Å². The van der Waals surface area contributed by atoms with Gasteiger partial charge in [-0.15, -0.1) is 11.8 Å². The average Bonchev–Trinajstić information content (AvgIpc) is 3.39. The van der Waals surface area contributed by atoms with Gasteiger partial charge in [0.2, 0.25) is 0 Å². The Morgan fingerprint density at radius 1 is 1.35 bits per heavy atom. The Bertz CT molecular complexity index is 978. The van der Waals surface area contributed by atoms with E-state index in [1.165, 1.54) is 6.07 Å². The maximum absolute atomic E-state index is 12.8. The molecular weight excluding hydrogens is 374 g/mol. The molecule has 1 saturated carbocycles. The average molecular weight is 392 g/mol. The molecule has 2 heterocycles. The summed E-state index contributed by atoms with van der Waals surface area (Å²) in [5.74, 6) is 0.0544. The normalized spacial score (nSPS) is 15.5. The zero-order valence-corrected chi connectivity index (χ0v) is 16.0. The van der Waals surface area contributed by atoms with E-state index in [-0.39, 0.29) is 17.7 Å². The number of carbonyl (C=O) groups is 1. The zero-order chi connectivity index (χ0) is 18.6. The molecule has 1 aromatic heterocycles. The highest BCUT2D eigenvalue weighted by Gasteiger charge is 2.33. The first-order valence-electron chi connectivity index (χ1n) is 8.52. The molecule has 0 spiro atoms. The summed E-state index contributed by atoms with van der Waals surface area (Å²) >= 11 is 8.03. The summed E-state index contributed by atoms with van der Waals surface area (Å²) in [5, 5.41) is 9.88. The first kappa shape index (κ1) is 17.5. The topological polar surface area (TPSA) is 68.5 Å². The molecule has 26 heavy (non-hydrogen) atoms. The Morgan fingerprint density at radius 2 is 2.08 bits per heavy atom. The SMILES string of the molecule is CC(C)Oc1cc2c(cc1Cl)-c1c(cc(C(=O)O)c(=O)n1C1CC1)CS2. The van der Waals surface area contributed by atoms with E-state index < -0.39 is 11.5 Å². The molecule has 0 radical (unpaired) electrons. The Hall–Kier alpha value is -1.92. The number of carboxylic acid groups (broad SMARTS) is 1. The maximum Gasteiger partial charge on any atom is 0.341 e. The molecule has 0 bridgehead atoms. The van der Waals surface area contributed by atoms with Crippen LogP contribution < -0.4 is 10.3 Å². The van der Waals surface area contributed by atoms with Gasteiger partial charge in [0.05, 0.1) is 16.8 Å². The van der Waals surface area contributed by atoms with Gasteiger partial charge in [0, 0.05) is 22.3 Å². The summed E-state index contributed by atoms with van der Waals surface area (Å²) in [6.45, 7) is 3.88. The summed E-state index contributed by atoms with van der Waals surface area (Å²) in [5.41, 5.74) is 1.94. The van der Waals surface area contributed by atoms with Crippen molar-refractivity contribution < 1.29 is 14.6 Å². The Kier molecular flexibility index (Phi) is 4.28. The van der Waals surface area contributed by atoms with Crippen molar-refractivity contribution in [2.24, 2.45) is 0 Å². The smallest absolute Gasteiger partial charge is 0.341 e. The molecule has 4 rings (SSSR count). The maximum atomic E-state index is 12.8. The largest absolute Gasteiger partial charge is 0.489 e. The number of fused-ring (bicyclic) bond motifs is 3. The van der Waals surface area contributed by atoms with Crippen molar-refractivity contribution in [1.29, 1.82) is 0 Å². The first-order chi connectivity index (χ1) is 12.4. The lowest BCUT2D eigenvalue weighted by Gasteiger charge is -2.25. The molecule has 1 fully saturated rings. The number of ether oxygens (including phenoxy) is 1. The minimum absolute atomic E-state index is 0.00851. The van der Waals surface area contributed by atoms with Gasteiger partial charge in [0.1, 0.15) is 11.3 Å². The van der Waals surface area contributed by atoms with E-state index in [2.05, 4.69) is 0 Å². The van der Waals surface area contributed by atoms with Crippen LogP contribution >= 0.6 is 23.4 Å². The molecule has 2 aromatic rings. The number of carboxylic acids is 1. The number of pyridine rings is 1. The lowest BCUT2D eigenvalue weighted by Crippen LogP contribution is -2.29. The van der Waals surface area contributed by atoms with Crippen molar-refractivity contribution >= 4 is 29.3 Å². The molecule has 0 unspecified atom stereocenters. The molecule has 0 amide bonds. The standard InChI is InChI=1S/C19H18ClNO4S/c1-9(2)25-15-7-16-12(6-14(15)20)17-10(8-26-16)5-13(19(23)24)18(22)21(17)11-3-4-11/h5-7,9,11H,3-4,8H2,1-2H3,(H,23,24). The molecule has 7 heteroatoms. The third-order valence-electron chi connectivity index (χ3n) is 4.49. The summed E-state index contributed by atoms with van der Waals surface area (Å²) in [6, 6.07) is 5.33. The van der Waals surface area contributed by atoms with E-state index in [0.717, 1.165) is 34.6 Å². The molecular formula is C19H18ClNO4S. The van der Waals surface area contributed by atoms with Crippen LogP contribution in [0, 0.1) is 0 Å². The summed E-state index contributed by atoms with van der Waals surface area (Å²) in [7, 11) is 0. The predicted molar refractivity (Wildman–Crippen MR) is 102 cm³/mol. The van der Waals surface area contributed by atoms with Crippen LogP contribution in [0.1, 0.15) is 48.7 Å². The summed E-state index contributed by atoms with van der Waals surface area (Å²) < 4.78 is 7.44. The van der Waals surface area contributed by atoms with Crippen molar-refractivity contribution in [3.8, 4) is 17.0 Å². The van der Waals surface area contributed by atoms with E-state index in [1.54, 1.807) is 16.3 Å². The number of hydrogen-bond acceptors (Lipinski definition) is 4. The van der Waals surface area contributed by atoms with Crippen molar-refractivity contribution in [2.45, 2.75) is 49.5 Å². The van der Waals surface area contributed by atoms with Gasteiger partial charge >= 0.3 is 5.97 Å². The van der Waals surface area contributed by atoms with E-state index in [9.17, 15) is 14.7 Å². The van der Waals surface area contributed by atoms with Crippen LogP contribution in [-0.4, -0.2) is 21.7 Å². The number of rotatable bonds is 4. The number of nitrogens with zero attached hydrogens (tertiary/aromatic N) is 1. The third-order valence-corrected chi connectivity index (χ3v) is 5.89. The molecule has 1 aliphatic carbocycles. The van der Waals surface area contributed by atoms with E-state index in [4.69, 9.17) is 16.3 Å². The minimum atomic E-state index is -1.18.